The molecular formula is C20H18FNO2S. The number of ether oxygens (including phenoxy) is 1. The summed E-state index contributed by atoms with van der Waals surface area (Å²) in [5.74, 6) is 0.325. The molecule has 3 rings (SSSR count). The van der Waals surface area contributed by atoms with Gasteiger partial charge in [0, 0.05) is 4.88 Å². The minimum atomic E-state index is -0.295. The van der Waals surface area contributed by atoms with E-state index >= 15 is 0 Å². The molecule has 3 nitrogen and oxygen atoms in total. The average Bonchev–Trinajstić information content (AvgIpc) is 3.15. The van der Waals surface area contributed by atoms with Gasteiger partial charge < -0.3 is 10.1 Å². The molecule has 0 aliphatic carbocycles. The summed E-state index contributed by atoms with van der Waals surface area (Å²) in [5.41, 5.74) is 1.73. The molecule has 0 fully saturated rings. The summed E-state index contributed by atoms with van der Waals surface area (Å²) in [4.78, 5) is 13.5. The fourth-order valence-electron chi connectivity index (χ4n) is 2.61. The highest BCUT2D eigenvalue weighted by atomic mass is 32.1. The van der Waals surface area contributed by atoms with Crippen molar-refractivity contribution in [2.75, 3.05) is 7.11 Å². The first-order valence-corrected chi connectivity index (χ1v) is 8.75. The summed E-state index contributed by atoms with van der Waals surface area (Å²) in [6.07, 6.45) is 0.250. The first kappa shape index (κ1) is 17.2. The van der Waals surface area contributed by atoms with Crippen LogP contribution < -0.4 is 10.1 Å². The van der Waals surface area contributed by atoms with Gasteiger partial charge in [-0.25, -0.2) is 4.39 Å². The van der Waals surface area contributed by atoms with E-state index in [2.05, 4.69) is 5.32 Å². The molecule has 0 spiro atoms. The van der Waals surface area contributed by atoms with Crippen LogP contribution in [0.15, 0.2) is 66.0 Å². The molecule has 1 amide bonds. The van der Waals surface area contributed by atoms with Crippen LogP contribution in [0, 0.1) is 5.82 Å². The number of nitrogens with one attached hydrogen (secondary N) is 1. The highest BCUT2D eigenvalue weighted by molar-refractivity contribution is 7.10. The van der Waals surface area contributed by atoms with Gasteiger partial charge in [0.15, 0.2) is 0 Å². The number of thiophene rings is 1. The van der Waals surface area contributed by atoms with E-state index in [1.165, 1.54) is 12.1 Å². The molecule has 5 heteroatoms. The van der Waals surface area contributed by atoms with Crippen molar-refractivity contribution in [2.24, 2.45) is 0 Å². The molecule has 0 radical (unpaired) electrons. The van der Waals surface area contributed by atoms with Crippen molar-refractivity contribution in [1.29, 1.82) is 0 Å². The molecule has 25 heavy (non-hydrogen) atoms. The average molecular weight is 355 g/mol. The van der Waals surface area contributed by atoms with Crippen molar-refractivity contribution in [2.45, 2.75) is 12.5 Å². The first-order chi connectivity index (χ1) is 12.2. The lowest BCUT2D eigenvalue weighted by Crippen LogP contribution is -2.30. The lowest BCUT2D eigenvalue weighted by atomic mass is 10.0. The van der Waals surface area contributed by atoms with Crippen molar-refractivity contribution in [1.82, 2.24) is 5.32 Å². The summed E-state index contributed by atoms with van der Waals surface area (Å²) in [5, 5.41) is 5.01. The summed E-state index contributed by atoms with van der Waals surface area (Å²) in [6.45, 7) is 0. The zero-order valence-corrected chi connectivity index (χ0v) is 14.6. The zero-order chi connectivity index (χ0) is 17.6. The monoisotopic (exact) mass is 355 g/mol. The van der Waals surface area contributed by atoms with Crippen LogP contribution in [0.25, 0.3) is 0 Å². The zero-order valence-electron chi connectivity index (χ0n) is 13.7. The van der Waals surface area contributed by atoms with E-state index in [-0.39, 0.29) is 24.2 Å². The van der Waals surface area contributed by atoms with E-state index in [1.807, 2.05) is 41.8 Å². The number of rotatable bonds is 6. The number of amides is 1. The molecule has 3 aromatic rings. The Bertz CT molecular complexity index is 831. The number of halogens is 1. The number of carbonyl (C=O) groups is 1. The van der Waals surface area contributed by atoms with Gasteiger partial charge in [-0.05, 0) is 46.8 Å². The molecule has 1 atom stereocenters. The fourth-order valence-corrected chi connectivity index (χ4v) is 3.41. The quantitative estimate of drug-likeness (QED) is 0.714. The Labute approximate surface area is 150 Å². The van der Waals surface area contributed by atoms with Crippen LogP contribution in [0.4, 0.5) is 4.39 Å². The molecular weight excluding hydrogens is 337 g/mol. The topological polar surface area (TPSA) is 38.3 Å². The second-order valence-electron chi connectivity index (χ2n) is 5.60. The fraction of sp³-hybridized carbons (Fsp3) is 0.150. The third-order valence-electron chi connectivity index (χ3n) is 3.84. The maximum Gasteiger partial charge on any atom is 0.225 e. The van der Waals surface area contributed by atoms with Crippen LogP contribution in [-0.4, -0.2) is 13.0 Å². The van der Waals surface area contributed by atoms with Crippen molar-refractivity contribution in [3.05, 3.63) is 87.9 Å². The highest BCUT2D eigenvalue weighted by Gasteiger charge is 2.18. The number of hydrogen-bond acceptors (Lipinski definition) is 3. The molecule has 1 heterocycles. The minimum absolute atomic E-state index is 0.101. The van der Waals surface area contributed by atoms with Crippen LogP contribution in [-0.2, 0) is 11.2 Å². The Morgan fingerprint density at radius 2 is 1.96 bits per heavy atom. The normalized spacial score (nSPS) is 11.8. The SMILES string of the molecule is COc1cccc(CC(=O)N[C@H](c2ccc(F)cc2)c2cccs2)c1. The second kappa shape index (κ2) is 7.94. The summed E-state index contributed by atoms with van der Waals surface area (Å²) < 4.78 is 18.4. The van der Waals surface area contributed by atoms with E-state index in [9.17, 15) is 9.18 Å². The van der Waals surface area contributed by atoms with Gasteiger partial charge in [-0.2, -0.15) is 0 Å². The van der Waals surface area contributed by atoms with Crippen molar-refractivity contribution in [3.8, 4) is 5.75 Å². The van der Waals surface area contributed by atoms with E-state index in [0.29, 0.717) is 0 Å². The predicted octanol–water partition coefficient (Wildman–Crippen LogP) is 4.34. The molecule has 0 saturated heterocycles. The molecule has 1 N–H and O–H groups in total. The van der Waals surface area contributed by atoms with Crippen molar-refractivity contribution >= 4 is 17.2 Å². The van der Waals surface area contributed by atoms with E-state index < -0.39 is 0 Å². The Balaban J connectivity index is 1.78. The van der Waals surface area contributed by atoms with E-state index in [1.54, 1.807) is 30.6 Å². The maximum atomic E-state index is 13.2. The molecule has 2 aromatic carbocycles. The standard InChI is InChI=1S/C20H18FNO2S/c1-24-17-5-2-4-14(12-17)13-19(23)22-20(18-6-3-11-25-18)15-7-9-16(21)10-8-15/h2-12,20H,13H2,1H3,(H,22,23)/t20-/m1/s1. The van der Waals surface area contributed by atoms with Gasteiger partial charge in [-0.3, -0.25) is 4.79 Å². The summed E-state index contributed by atoms with van der Waals surface area (Å²) >= 11 is 1.56. The van der Waals surface area contributed by atoms with Crippen LogP contribution in [0.5, 0.6) is 5.75 Å². The van der Waals surface area contributed by atoms with Gasteiger partial charge in [0.25, 0.3) is 0 Å². The van der Waals surface area contributed by atoms with E-state index in [4.69, 9.17) is 4.74 Å². The minimum Gasteiger partial charge on any atom is -0.497 e. The first-order valence-electron chi connectivity index (χ1n) is 7.87. The van der Waals surface area contributed by atoms with Crippen LogP contribution in [0.3, 0.4) is 0 Å². The van der Waals surface area contributed by atoms with Crippen LogP contribution >= 0.6 is 11.3 Å². The van der Waals surface area contributed by atoms with Crippen LogP contribution in [0.2, 0.25) is 0 Å². The van der Waals surface area contributed by atoms with Gasteiger partial charge in [-0.1, -0.05) is 30.3 Å². The smallest absolute Gasteiger partial charge is 0.225 e. The second-order valence-corrected chi connectivity index (χ2v) is 6.58. The molecule has 0 aliphatic heterocycles. The third kappa shape index (κ3) is 4.45. The van der Waals surface area contributed by atoms with Gasteiger partial charge in [-0.15, -0.1) is 11.3 Å². The van der Waals surface area contributed by atoms with E-state index in [0.717, 1.165) is 21.8 Å². The number of hydrogen-bond donors (Lipinski definition) is 1. The van der Waals surface area contributed by atoms with Gasteiger partial charge in [0.2, 0.25) is 5.91 Å². The molecule has 128 valence electrons. The molecule has 0 saturated carbocycles. The Kier molecular flexibility index (Phi) is 5.46. The summed E-state index contributed by atoms with van der Waals surface area (Å²) in [6, 6.07) is 17.3. The molecule has 0 aliphatic rings. The predicted molar refractivity (Wildman–Crippen MR) is 97.4 cm³/mol. The number of benzene rings is 2. The number of carbonyl (C=O) groups excluding carboxylic acids is 1. The largest absolute Gasteiger partial charge is 0.497 e. The van der Waals surface area contributed by atoms with Crippen molar-refractivity contribution < 1.29 is 13.9 Å². The lowest BCUT2D eigenvalue weighted by molar-refractivity contribution is -0.120. The Hall–Kier alpha value is -2.66. The van der Waals surface area contributed by atoms with Crippen molar-refractivity contribution in [3.63, 3.8) is 0 Å². The lowest BCUT2D eigenvalue weighted by Gasteiger charge is -2.18. The van der Waals surface area contributed by atoms with Crippen LogP contribution in [0.1, 0.15) is 22.0 Å². The maximum absolute atomic E-state index is 13.2. The Morgan fingerprint density at radius 3 is 2.64 bits per heavy atom. The third-order valence-corrected chi connectivity index (χ3v) is 4.77. The Morgan fingerprint density at radius 1 is 1.16 bits per heavy atom. The van der Waals surface area contributed by atoms with Gasteiger partial charge >= 0.3 is 0 Å². The molecule has 0 unspecified atom stereocenters. The molecule has 1 aromatic heterocycles. The summed E-state index contributed by atoms with van der Waals surface area (Å²) in [7, 11) is 1.60. The van der Waals surface area contributed by atoms with Gasteiger partial charge in [0.05, 0.1) is 19.6 Å². The molecule has 0 bridgehead atoms. The highest BCUT2D eigenvalue weighted by Crippen LogP contribution is 2.26. The van der Waals surface area contributed by atoms with Gasteiger partial charge in [0.1, 0.15) is 11.6 Å². The number of methoxy groups -OCH3 is 1.